The Morgan fingerprint density at radius 3 is 2.81 bits per heavy atom. The van der Waals surface area contributed by atoms with Crippen LogP contribution in [-0.2, 0) is 0 Å². The van der Waals surface area contributed by atoms with E-state index in [1.165, 1.54) is 0 Å². The van der Waals surface area contributed by atoms with Gasteiger partial charge in [0.2, 0.25) is 0 Å². The molecule has 4 heterocycles. The summed E-state index contributed by atoms with van der Waals surface area (Å²) in [6, 6.07) is 5.71. The molecule has 26 heavy (non-hydrogen) atoms. The number of nitrogens with zero attached hydrogens (tertiary/aromatic N) is 3. The molecule has 0 unspecified atom stereocenters. The lowest BCUT2D eigenvalue weighted by atomic mass is 9.77. The van der Waals surface area contributed by atoms with Crippen molar-refractivity contribution in [3.05, 3.63) is 51.3 Å². The zero-order chi connectivity index (χ0) is 18.4. The smallest absolute Gasteiger partial charge is 0.259 e. The van der Waals surface area contributed by atoms with Crippen molar-refractivity contribution in [3.63, 3.8) is 0 Å². The van der Waals surface area contributed by atoms with Gasteiger partial charge >= 0.3 is 0 Å². The highest BCUT2D eigenvalue weighted by Crippen LogP contribution is 2.43. The highest BCUT2D eigenvalue weighted by Gasteiger charge is 2.42. The molecular weight excluding hydrogens is 330 g/mol. The molecule has 0 N–H and O–H groups in total. The van der Waals surface area contributed by atoms with E-state index in [0.29, 0.717) is 36.0 Å². The molecule has 2 aliphatic heterocycles. The predicted molar refractivity (Wildman–Crippen MR) is 97.4 cm³/mol. The molecule has 2 aromatic rings. The van der Waals surface area contributed by atoms with E-state index in [0.717, 1.165) is 25.0 Å². The minimum atomic E-state index is -0.00192. The van der Waals surface area contributed by atoms with E-state index in [4.69, 9.17) is 4.52 Å². The molecule has 0 saturated carbocycles. The van der Waals surface area contributed by atoms with Gasteiger partial charge in [-0.15, -0.1) is 0 Å². The molecule has 4 rings (SSSR count). The second-order valence-corrected chi connectivity index (χ2v) is 7.62. The van der Waals surface area contributed by atoms with Crippen LogP contribution >= 0.6 is 0 Å². The summed E-state index contributed by atoms with van der Waals surface area (Å²) in [4.78, 5) is 27.6. The molecule has 0 aromatic carbocycles. The van der Waals surface area contributed by atoms with Gasteiger partial charge in [0.15, 0.2) is 0 Å². The van der Waals surface area contributed by atoms with Crippen LogP contribution in [0.3, 0.4) is 0 Å². The SMILES string of the molecule is CCC[C@H]1[C@H]2C[C@H](CN(C(=O)c3c(C)noc3C)C2)c2cccc(=O)n21. The molecule has 0 spiro atoms. The number of hydrogen-bond acceptors (Lipinski definition) is 4. The van der Waals surface area contributed by atoms with Gasteiger partial charge in [-0.25, -0.2) is 0 Å². The van der Waals surface area contributed by atoms with Crippen LogP contribution in [-0.4, -0.2) is 33.6 Å². The Morgan fingerprint density at radius 2 is 2.12 bits per heavy atom. The Bertz CT molecular complexity index is 878. The number of amides is 1. The van der Waals surface area contributed by atoms with Crippen molar-refractivity contribution in [3.8, 4) is 0 Å². The average Bonchev–Trinajstić information content (AvgIpc) is 2.96. The summed E-state index contributed by atoms with van der Waals surface area (Å²) in [5.41, 5.74) is 2.39. The maximum atomic E-state index is 13.1. The number of piperidine rings is 1. The van der Waals surface area contributed by atoms with Crippen molar-refractivity contribution < 1.29 is 9.32 Å². The van der Waals surface area contributed by atoms with Gasteiger partial charge in [-0.05, 0) is 38.7 Å². The fourth-order valence-electron chi connectivity index (χ4n) is 4.82. The van der Waals surface area contributed by atoms with Crippen molar-refractivity contribution in [2.45, 2.75) is 52.0 Å². The first-order valence-corrected chi connectivity index (χ1v) is 9.44. The minimum Gasteiger partial charge on any atom is -0.361 e. The number of pyridine rings is 1. The predicted octanol–water partition coefficient (Wildman–Crippen LogP) is 3.05. The molecule has 3 atom stereocenters. The molecule has 6 nitrogen and oxygen atoms in total. The number of carbonyl (C=O) groups excluding carboxylic acids is 1. The molecule has 2 aromatic heterocycles. The second kappa shape index (κ2) is 6.41. The first kappa shape index (κ1) is 17.1. The van der Waals surface area contributed by atoms with E-state index in [1.54, 1.807) is 13.0 Å². The topological polar surface area (TPSA) is 68.3 Å². The summed E-state index contributed by atoms with van der Waals surface area (Å²) >= 11 is 0. The van der Waals surface area contributed by atoms with Crippen molar-refractivity contribution in [2.24, 2.45) is 5.92 Å². The van der Waals surface area contributed by atoms with Crippen LogP contribution in [0.25, 0.3) is 0 Å². The Hall–Kier alpha value is -2.37. The molecule has 6 heteroatoms. The van der Waals surface area contributed by atoms with Crippen LogP contribution in [0, 0.1) is 19.8 Å². The molecule has 1 saturated heterocycles. The Balaban J connectivity index is 1.71. The number of aryl methyl sites for hydroxylation is 2. The third-order valence-electron chi connectivity index (χ3n) is 5.92. The molecule has 1 amide bonds. The van der Waals surface area contributed by atoms with Gasteiger partial charge < -0.3 is 14.0 Å². The molecule has 138 valence electrons. The number of likely N-dealkylation sites (tertiary alicyclic amines) is 1. The van der Waals surface area contributed by atoms with Crippen LogP contribution < -0.4 is 5.56 Å². The second-order valence-electron chi connectivity index (χ2n) is 7.62. The summed E-state index contributed by atoms with van der Waals surface area (Å²) in [5.74, 6) is 1.09. The number of fused-ring (bicyclic) bond motifs is 4. The standard InChI is InChI=1S/C20H25N3O3/c1-4-6-16-14-9-15(17-7-5-8-18(24)23(16)17)11-22(10-14)20(25)19-12(2)21-26-13(19)3/h5,7-8,14-16H,4,6,9-11H2,1-3H3/t14-,15+,16-/m0/s1. The number of rotatable bonds is 3. The number of carbonyl (C=O) groups is 1. The normalized spacial score (nSPS) is 24.4. The van der Waals surface area contributed by atoms with Gasteiger partial charge in [-0.3, -0.25) is 9.59 Å². The van der Waals surface area contributed by atoms with Crippen LogP contribution in [0.15, 0.2) is 27.5 Å². The Morgan fingerprint density at radius 1 is 1.31 bits per heavy atom. The summed E-state index contributed by atoms with van der Waals surface area (Å²) < 4.78 is 7.19. The third-order valence-corrected chi connectivity index (χ3v) is 5.92. The third kappa shape index (κ3) is 2.59. The zero-order valence-electron chi connectivity index (χ0n) is 15.6. The summed E-state index contributed by atoms with van der Waals surface area (Å²) in [6.07, 6.45) is 3.02. The first-order valence-electron chi connectivity index (χ1n) is 9.44. The molecule has 1 fully saturated rings. The van der Waals surface area contributed by atoms with E-state index in [-0.39, 0.29) is 23.4 Å². The summed E-state index contributed by atoms with van der Waals surface area (Å²) in [6.45, 7) is 7.07. The minimum absolute atomic E-state index is 0.00192. The molecule has 0 aliphatic carbocycles. The fraction of sp³-hybridized carbons (Fsp3) is 0.550. The van der Waals surface area contributed by atoms with Crippen molar-refractivity contribution >= 4 is 5.91 Å². The highest BCUT2D eigenvalue weighted by atomic mass is 16.5. The zero-order valence-corrected chi connectivity index (χ0v) is 15.6. The lowest BCUT2D eigenvalue weighted by molar-refractivity contribution is 0.0516. The Labute approximate surface area is 152 Å². The maximum Gasteiger partial charge on any atom is 0.259 e. The quantitative estimate of drug-likeness (QED) is 0.849. The number of hydrogen-bond donors (Lipinski definition) is 0. The summed E-state index contributed by atoms with van der Waals surface area (Å²) in [5, 5.41) is 3.93. The van der Waals surface area contributed by atoms with Gasteiger partial charge in [0.25, 0.3) is 11.5 Å². The first-order chi connectivity index (χ1) is 12.5. The van der Waals surface area contributed by atoms with Crippen LogP contribution in [0.2, 0.25) is 0 Å². The number of aromatic nitrogens is 2. The monoisotopic (exact) mass is 355 g/mol. The fourth-order valence-corrected chi connectivity index (χ4v) is 4.82. The van der Waals surface area contributed by atoms with Gasteiger partial charge in [0.05, 0.1) is 5.69 Å². The van der Waals surface area contributed by atoms with Crippen LogP contribution in [0.1, 0.15) is 65.7 Å². The van der Waals surface area contributed by atoms with E-state index >= 15 is 0 Å². The van der Waals surface area contributed by atoms with Gasteiger partial charge in [0, 0.05) is 36.8 Å². The van der Waals surface area contributed by atoms with Crippen molar-refractivity contribution in [2.75, 3.05) is 13.1 Å². The van der Waals surface area contributed by atoms with Crippen molar-refractivity contribution in [1.82, 2.24) is 14.6 Å². The summed E-state index contributed by atoms with van der Waals surface area (Å²) in [7, 11) is 0. The largest absolute Gasteiger partial charge is 0.361 e. The van der Waals surface area contributed by atoms with Gasteiger partial charge in [0.1, 0.15) is 11.3 Å². The van der Waals surface area contributed by atoms with Crippen LogP contribution in [0.5, 0.6) is 0 Å². The lowest BCUT2D eigenvalue weighted by Crippen LogP contribution is -2.51. The Kier molecular flexibility index (Phi) is 4.21. The lowest BCUT2D eigenvalue weighted by Gasteiger charge is -2.47. The van der Waals surface area contributed by atoms with E-state index in [1.807, 2.05) is 22.5 Å². The molecule has 0 radical (unpaired) electrons. The molecule has 2 bridgehead atoms. The van der Waals surface area contributed by atoms with Crippen LogP contribution in [0.4, 0.5) is 0 Å². The van der Waals surface area contributed by atoms with E-state index < -0.39 is 0 Å². The van der Waals surface area contributed by atoms with E-state index in [9.17, 15) is 9.59 Å². The van der Waals surface area contributed by atoms with E-state index in [2.05, 4.69) is 18.1 Å². The highest BCUT2D eigenvalue weighted by molar-refractivity contribution is 5.96. The van der Waals surface area contributed by atoms with Gasteiger partial charge in [-0.1, -0.05) is 24.6 Å². The maximum absolute atomic E-state index is 13.1. The molecular formula is C20H25N3O3. The van der Waals surface area contributed by atoms with Gasteiger partial charge in [-0.2, -0.15) is 0 Å². The van der Waals surface area contributed by atoms with Crippen molar-refractivity contribution in [1.29, 1.82) is 0 Å². The molecule has 2 aliphatic rings. The average molecular weight is 355 g/mol.